The highest BCUT2D eigenvalue weighted by atomic mass is 19.1. The molecule has 1 unspecified atom stereocenters. The van der Waals surface area contributed by atoms with Crippen LogP contribution in [0.1, 0.15) is 18.4 Å². The maximum Gasteiger partial charge on any atom is 0.303 e. The Balaban J connectivity index is 1.48. The minimum Gasteiger partial charge on any atom is -0.423 e. The van der Waals surface area contributed by atoms with Crippen molar-refractivity contribution in [3.8, 4) is 0 Å². The number of nitrogens with one attached hydrogen (secondary N) is 2. The predicted octanol–water partition coefficient (Wildman–Crippen LogP) is 3.04. The van der Waals surface area contributed by atoms with Gasteiger partial charge in [0, 0.05) is 12.6 Å². The lowest BCUT2D eigenvalue weighted by Gasteiger charge is -2.12. The molecular formula is C20H19FN4O5. The first-order chi connectivity index (χ1) is 14.5. The van der Waals surface area contributed by atoms with Crippen LogP contribution < -0.4 is 10.6 Å². The standard InChI is InChI=1S/C20H19FN4O5/c1-11(18(27)22-6-7-28-10-26)12-2-4-16-14(8-12)23-19(29-16)25-20-24-15-9-13(21)3-5-17(15)30-20/h2-5,8-9,11,26H,6-7,10H2,1H3,(H,22,27)(H,23,24,25). The van der Waals surface area contributed by atoms with Gasteiger partial charge in [-0.25, -0.2) is 4.39 Å². The number of hydrogen-bond acceptors (Lipinski definition) is 8. The molecule has 0 aliphatic heterocycles. The molecule has 4 aromatic rings. The van der Waals surface area contributed by atoms with E-state index in [1.54, 1.807) is 25.1 Å². The average Bonchev–Trinajstić information content (AvgIpc) is 3.32. The molecule has 0 aliphatic rings. The van der Waals surface area contributed by atoms with Crippen LogP contribution in [0.4, 0.5) is 16.4 Å². The highest BCUT2D eigenvalue weighted by molar-refractivity contribution is 5.85. The largest absolute Gasteiger partial charge is 0.423 e. The van der Waals surface area contributed by atoms with E-state index in [4.69, 9.17) is 18.7 Å². The first-order valence-corrected chi connectivity index (χ1v) is 9.23. The van der Waals surface area contributed by atoms with Gasteiger partial charge in [0.2, 0.25) is 5.91 Å². The Morgan fingerprint density at radius 3 is 2.50 bits per heavy atom. The normalized spacial score (nSPS) is 12.4. The molecule has 0 spiro atoms. The first-order valence-electron chi connectivity index (χ1n) is 9.23. The number of aliphatic hydroxyl groups excluding tert-OH is 1. The first kappa shape index (κ1) is 19.8. The second-order valence-electron chi connectivity index (χ2n) is 6.55. The van der Waals surface area contributed by atoms with Gasteiger partial charge in [0.15, 0.2) is 11.2 Å². The molecule has 0 saturated heterocycles. The predicted molar refractivity (Wildman–Crippen MR) is 106 cm³/mol. The molecule has 30 heavy (non-hydrogen) atoms. The second-order valence-corrected chi connectivity index (χ2v) is 6.55. The number of rotatable bonds is 8. The summed E-state index contributed by atoms with van der Waals surface area (Å²) in [5.41, 5.74) is 2.65. The van der Waals surface area contributed by atoms with Gasteiger partial charge in [0.25, 0.3) is 0 Å². The topological polar surface area (TPSA) is 123 Å². The minimum atomic E-state index is -0.413. The number of carbonyl (C=O) groups is 1. The van der Waals surface area contributed by atoms with Gasteiger partial charge in [0.05, 0.1) is 12.5 Å². The summed E-state index contributed by atoms with van der Waals surface area (Å²) >= 11 is 0. The maximum absolute atomic E-state index is 13.3. The molecule has 0 aliphatic carbocycles. The van der Waals surface area contributed by atoms with Crippen molar-refractivity contribution in [2.45, 2.75) is 12.8 Å². The van der Waals surface area contributed by atoms with Gasteiger partial charge in [-0.1, -0.05) is 6.07 Å². The lowest BCUT2D eigenvalue weighted by Crippen LogP contribution is -2.31. The van der Waals surface area contributed by atoms with E-state index in [1.165, 1.54) is 18.2 Å². The maximum atomic E-state index is 13.3. The number of aromatic nitrogens is 2. The summed E-state index contributed by atoms with van der Waals surface area (Å²) < 4.78 is 29.2. The van der Waals surface area contributed by atoms with Crippen molar-refractivity contribution in [1.82, 2.24) is 15.3 Å². The summed E-state index contributed by atoms with van der Waals surface area (Å²) in [6.45, 7) is 1.93. The molecule has 4 rings (SSSR count). The molecule has 0 radical (unpaired) electrons. The third kappa shape index (κ3) is 4.24. The van der Waals surface area contributed by atoms with Crippen LogP contribution in [0.15, 0.2) is 45.2 Å². The highest BCUT2D eigenvalue weighted by Crippen LogP contribution is 2.27. The number of benzene rings is 2. The number of fused-ring (bicyclic) bond motifs is 2. The quantitative estimate of drug-likeness (QED) is 0.297. The molecule has 2 heterocycles. The number of nitrogens with zero attached hydrogens (tertiary/aromatic N) is 2. The number of aliphatic hydroxyl groups is 1. The summed E-state index contributed by atoms with van der Waals surface area (Å²) in [6.07, 6.45) is 0. The molecule has 2 aromatic carbocycles. The van der Waals surface area contributed by atoms with E-state index in [9.17, 15) is 9.18 Å². The zero-order valence-electron chi connectivity index (χ0n) is 16.0. The van der Waals surface area contributed by atoms with Gasteiger partial charge in [-0.3, -0.25) is 10.1 Å². The smallest absolute Gasteiger partial charge is 0.303 e. The van der Waals surface area contributed by atoms with Crippen molar-refractivity contribution in [1.29, 1.82) is 0 Å². The summed E-state index contributed by atoms with van der Waals surface area (Å²) in [5.74, 6) is -0.990. The van der Waals surface area contributed by atoms with E-state index in [0.29, 0.717) is 28.7 Å². The molecule has 2 aromatic heterocycles. The van der Waals surface area contributed by atoms with Gasteiger partial charge < -0.3 is 24.0 Å². The number of oxazole rings is 2. The number of anilines is 2. The molecule has 1 amide bonds. The van der Waals surface area contributed by atoms with Crippen molar-refractivity contribution < 1.29 is 27.9 Å². The van der Waals surface area contributed by atoms with E-state index in [-0.39, 0.29) is 31.3 Å². The fourth-order valence-corrected chi connectivity index (χ4v) is 2.93. The van der Waals surface area contributed by atoms with Gasteiger partial charge in [-0.05, 0) is 36.8 Å². The van der Waals surface area contributed by atoms with Crippen molar-refractivity contribution in [3.05, 3.63) is 47.8 Å². The SMILES string of the molecule is CC(C(=O)NCCOCO)c1ccc2oc(Nc3nc4cc(F)ccc4o3)nc2c1. The van der Waals surface area contributed by atoms with Crippen LogP contribution in [0.2, 0.25) is 0 Å². The van der Waals surface area contributed by atoms with Crippen LogP contribution >= 0.6 is 0 Å². The third-order valence-electron chi connectivity index (χ3n) is 4.51. The summed E-state index contributed by atoms with van der Waals surface area (Å²) in [6, 6.07) is 9.60. The minimum absolute atomic E-state index is 0.125. The van der Waals surface area contributed by atoms with Gasteiger partial charge >= 0.3 is 12.0 Å². The Kier molecular flexibility index (Phi) is 5.59. The molecule has 1 atom stereocenters. The molecule has 10 heteroatoms. The monoisotopic (exact) mass is 414 g/mol. The van der Waals surface area contributed by atoms with Gasteiger partial charge in [-0.2, -0.15) is 9.97 Å². The zero-order valence-corrected chi connectivity index (χ0v) is 16.0. The van der Waals surface area contributed by atoms with Gasteiger partial charge in [0.1, 0.15) is 23.6 Å². The molecule has 0 saturated carbocycles. The highest BCUT2D eigenvalue weighted by Gasteiger charge is 2.17. The Morgan fingerprint density at radius 2 is 1.80 bits per heavy atom. The number of hydrogen-bond donors (Lipinski definition) is 3. The van der Waals surface area contributed by atoms with Crippen LogP contribution in [-0.2, 0) is 9.53 Å². The van der Waals surface area contributed by atoms with E-state index in [1.807, 2.05) is 0 Å². The Bertz CT molecular complexity index is 1190. The number of amides is 1. The molecule has 9 nitrogen and oxygen atoms in total. The number of ether oxygens (including phenoxy) is 1. The fraction of sp³-hybridized carbons (Fsp3) is 0.250. The van der Waals surface area contributed by atoms with Gasteiger partial charge in [-0.15, -0.1) is 0 Å². The number of halogens is 1. The third-order valence-corrected chi connectivity index (χ3v) is 4.51. The molecular weight excluding hydrogens is 395 g/mol. The van der Waals surface area contributed by atoms with Crippen molar-refractivity contribution >= 4 is 40.1 Å². The summed E-state index contributed by atoms with van der Waals surface area (Å²) in [7, 11) is 0. The number of carbonyl (C=O) groups excluding carboxylic acids is 1. The fourth-order valence-electron chi connectivity index (χ4n) is 2.93. The van der Waals surface area contributed by atoms with Crippen LogP contribution in [0.3, 0.4) is 0 Å². The lowest BCUT2D eigenvalue weighted by molar-refractivity contribution is -0.122. The van der Waals surface area contributed by atoms with Crippen molar-refractivity contribution in [2.24, 2.45) is 0 Å². The van der Waals surface area contributed by atoms with E-state index < -0.39 is 11.7 Å². The van der Waals surface area contributed by atoms with Crippen LogP contribution in [0, 0.1) is 5.82 Å². The molecule has 0 fully saturated rings. The molecule has 156 valence electrons. The van der Waals surface area contributed by atoms with Crippen LogP contribution in [-0.4, -0.2) is 40.9 Å². The van der Waals surface area contributed by atoms with Crippen molar-refractivity contribution in [3.63, 3.8) is 0 Å². The van der Waals surface area contributed by atoms with Crippen LogP contribution in [0.25, 0.3) is 22.2 Å². The zero-order chi connectivity index (χ0) is 21.1. The van der Waals surface area contributed by atoms with Crippen molar-refractivity contribution in [2.75, 3.05) is 25.3 Å². The summed E-state index contributed by atoms with van der Waals surface area (Å²) in [5, 5.41) is 14.1. The summed E-state index contributed by atoms with van der Waals surface area (Å²) in [4.78, 5) is 20.8. The average molecular weight is 414 g/mol. The molecule has 0 bridgehead atoms. The lowest BCUT2D eigenvalue weighted by atomic mass is 10.00. The molecule has 3 N–H and O–H groups in total. The Morgan fingerprint density at radius 1 is 1.13 bits per heavy atom. The second kappa shape index (κ2) is 8.47. The Hall–Kier alpha value is -3.50. The Labute approximate surface area is 169 Å². The van der Waals surface area contributed by atoms with E-state index in [2.05, 4.69) is 20.6 Å². The van der Waals surface area contributed by atoms with E-state index >= 15 is 0 Å². The van der Waals surface area contributed by atoms with E-state index in [0.717, 1.165) is 5.56 Å². The van der Waals surface area contributed by atoms with Crippen LogP contribution in [0.5, 0.6) is 0 Å².